The van der Waals surface area contributed by atoms with Crippen LogP contribution in [0.4, 0.5) is 0 Å². The molecule has 4 atom stereocenters. The van der Waals surface area contributed by atoms with E-state index in [2.05, 4.69) is 13.8 Å². The first-order valence-corrected chi connectivity index (χ1v) is 8.00. The first kappa shape index (κ1) is 11.8. The van der Waals surface area contributed by atoms with Gasteiger partial charge in [0.2, 0.25) is 0 Å². The monoisotopic (exact) mass is 232 g/mol. The Labute approximate surface area is 107 Å². The Hall–Kier alpha value is -0.260. The maximum atomic E-state index is 2.50. The fourth-order valence-electron chi connectivity index (χ4n) is 4.98. The lowest BCUT2D eigenvalue weighted by atomic mass is 9.92. The number of fused-ring (bicyclic) bond motifs is 1. The number of hydrogen-bond acceptors (Lipinski definition) is 0. The van der Waals surface area contributed by atoms with Gasteiger partial charge in [-0.3, -0.25) is 0 Å². The molecule has 3 aliphatic rings. The van der Waals surface area contributed by atoms with Crippen LogP contribution >= 0.6 is 0 Å². The smallest absolute Gasteiger partial charge is 0.0172 e. The van der Waals surface area contributed by atoms with E-state index in [0.29, 0.717) is 0 Å². The van der Waals surface area contributed by atoms with Crippen molar-refractivity contribution in [1.82, 2.24) is 0 Å². The summed E-state index contributed by atoms with van der Waals surface area (Å²) < 4.78 is 0. The van der Waals surface area contributed by atoms with Gasteiger partial charge in [0.15, 0.2) is 0 Å². The van der Waals surface area contributed by atoms with Gasteiger partial charge < -0.3 is 0 Å². The molecule has 0 heterocycles. The molecule has 0 radical (unpaired) electrons. The molecule has 3 aliphatic carbocycles. The SMILES string of the molecule is CCCC1C/C(=C2/CCC3CCCC23)CC1C. The summed E-state index contributed by atoms with van der Waals surface area (Å²) in [6.07, 6.45) is 13.3. The Bertz CT molecular complexity index is 312. The molecule has 0 aromatic heterocycles. The first-order chi connectivity index (χ1) is 8.29. The summed E-state index contributed by atoms with van der Waals surface area (Å²) in [4.78, 5) is 0. The first-order valence-electron chi connectivity index (χ1n) is 8.00. The molecule has 0 aliphatic heterocycles. The van der Waals surface area contributed by atoms with Crippen molar-refractivity contribution in [2.45, 2.75) is 71.6 Å². The van der Waals surface area contributed by atoms with Crippen LogP contribution in [-0.4, -0.2) is 0 Å². The van der Waals surface area contributed by atoms with Gasteiger partial charge in [0.1, 0.15) is 0 Å². The molecule has 17 heavy (non-hydrogen) atoms. The number of rotatable bonds is 2. The van der Waals surface area contributed by atoms with E-state index in [1.165, 1.54) is 57.8 Å². The molecule has 0 aromatic carbocycles. The van der Waals surface area contributed by atoms with Crippen molar-refractivity contribution in [3.05, 3.63) is 11.1 Å². The molecule has 0 saturated heterocycles. The quantitative estimate of drug-likeness (QED) is 0.564. The van der Waals surface area contributed by atoms with Gasteiger partial charge in [0, 0.05) is 0 Å². The molecular formula is C17H28. The lowest BCUT2D eigenvalue weighted by Crippen LogP contribution is -2.02. The van der Waals surface area contributed by atoms with E-state index >= 15 is 0 Å². The summed E-state index contributed by atoms with van der Waals surface area (Å²) in [6.45, 7) is 4.84. The molecule has 3 fully saturated rings. The van der Waals surface area contributed by atoms with Crippen molar-refractivity contribution in [2.75, 3.05) is 0 Å². The largest absolute Gasteiger partial charge is 0.0702 e. The van der Waals surface area contributed by atoms with Gasteiger partial charge in [0.05, 0.1) is 0 Å². The van der Waals surface area contributed by atoms with Gasteiger partial charge in [-0.25, -0.2) is 0 Å². The fourth-order valence-corrected chi connectivity index (χ4v) is 4.98. The minimum atomic E-state index is 0.970. The highest BCUT2D eigenvalue weighted by Crippen LogP contribution is 2.52. The topological polar surface area (TPSA) is 0 Å². The van der Waals surface area contributed by atoms with E-state index in [1.807, 2.05) is 11.1 Å². The highest BCUT2D eigenvalue weighted by Gasteiger charge is 2.38. The summed E-state index contributed by atoms with van der Waals surface area (Å²) >= 11 is 0. The van der Waals surface area contributed by atoms with Crippen molar-refractivity contribution >= 4 is 0 Å². The second-order valence-electron chi connectivity index (χ2n) is 6.90. The molecule has 3 saturated carbocycles. The second-order valence-corrected chi connectivity index (χ2v) is 6.90. The third-order valence-corrected chi connectivity index (χ3v) is 5.89. The van der Waals surface area contributed by atoms with Crippen LogP contribution in [0.25, 0.3) is 0 Å². The number of allylic oxidation sites excluding steroid dienone is 2. The average Bonchev–Trinajstić information content (AvgIpc) is 2.94. The van der Waals surface area contributed by atoms with Gasteiger partial charge in [-0.2, -0.15) is 0 Å². The molecule has 0 aromatic rings. The highest BCUT2D eigenvalue weighted by atomic mass is 14.4. The Morgan fingerprint density at radius 2 is 2.00 bits per heavy atom. The van der Waals surface area contributed by atoms with Crippen LogP contribution in [0.15, 0.2) is 11.1 Å². The summed E-state index contributed by atoms with van der Waals surface area (Å²) in [5.74, 6) is 4.12. The molecule has 0 amide bonds. The third kappa shape index (κ3) is 2.09. The van der Waals surface area contributed by atoms with Crippen molar-refractivity contribution in [3.63, 3.8) is 0 Å². The van der Waals surface area contributed by atoms with Gasteiger partial charge in [-0.1, -0.05) is 44.3 Å². The van der Waals surface area contributed by atoms with E-state index in [0.717, 1.165) is 23.7 Å². The van der Waals surface area contributed by atoms with E-state index < -0.39 is 0 Å². The van der Waals surface area contributed by atoms with Crippen molar-refractivity contribution in [1.29, 1.82) is 0 Å². The Morgan fingerprint density at radius 3 is 2.82 bits per heavy atom. The normalized spacial score (nSPS) is 45.5. The van der Waals surface area contributed by atoms with Gasteiger partial charge >= 0.3 is 0 Å². The second kappa shape index (κ2) is 4.78. The Morgan fingerprint density at radius 1 is 1.12 bits per heavy atom. The lowest BCUT2D eigenvalue weighted by molar-refractivity contribution is 0.388. The molecule has 3 rings (SSSR count). The van der Waals surface area contributed by atoms with Crippen LogP contribution < -0.4 is 0 Å². The highest BCUT2D eigenvalue weighted by molar-refractivity contribution is 5.26. The summed E-state index contributed by atoms with van der Waals surface area (Å²) in [5, 5.41) is 0. The summed E-state index contributed by atoms with van der Waals surface area (Å²) in [5.41, 5.74) is 3.88. The van der Waals surface area contributed by atoms with Crippen molar-refractivity contribution < 1.29 is 0 Å². The molecule has 0 spiro atoms. The zero-order chi connectivity index (χ0) is 11.8. The van der Waals surface area contributed by atoms with Crippen molar-refractivity contribution in [2.24, 2.45) is 23.7 Å². The molecule has 4 unspecified atom stereocenters. The van der Waals surface area contributed by atoms with Gasteiger partial charge in [0.25, 0.3) is 0 Å². The van der Waals surface area contributed by atoms with E-state index in [-0.39, 0.29) is 0 Å². The van der Waals surface area contributed by atoms with Crippen LogP contribution in [0.5, 0.6) is 0 Å². The molecule has 0 bridgehead atoms. The van der Waals surface area contributed by atoms with Gasteiger partial charge in [-0.05, 0) is 62.2 Å². The minimum absolute atomic E-state index is 0.970. The molecule has 96 valence electrons. The number of hydrogen-bond donors (Lipinski definition) is 0. The zero-order valence-corrected chi connectivity index (χ0v) is 11.7. The zero-order valence-electron chi connectivity index (χ0n) is 11.7. The van der Waals surface area contributed by atoms with E-state index in [1.54, 1.807) is 0 Å². The minimum Gasteiger partial charge on any atom is -0.0702 e. The van der Waals surface area contributed by atoms with Crippen LogP contribution in [0.1, 0.15) is 71.6 Å². The predicted octanol–water partition coefficient (Wildman–Crippen LogP) is 5.34. The Balaban J connectivity index is 1.76. The van der Waals surface area contributed by atoms with Crippen LogP contribution in [0.3, 0.4) is 0 Å². The Kier molecular flexibility index (Phi) is 3.32. The van der Waals surface area contributed by atoms with Crippen LogP contribution in [0.2, 0.25) is 0 Å². The maximum Gasteiger partial charge on any atom is -0.0172 e. The molecule has 0 heteroatoms. The molecular weight excluding hydrogens is 204 g/mol. The van der Waals surface area contributed by atoms with E-state index in [4.69, 9.17) is 0 Å². The molecule has 0 nitrogen and oxygen atoms in total. The standard InChI is InChI=1S/C17H28/c1-3-5-14-11-15(10-12(14)2)17-9-8-13-6-4-7-16(13)17/h12-14,16H,3-11H2,1-2H3/b17-15-. The summed E-state index contributed by atoms with van der Waals surface area (Å²) in [7, 11) is 0. The predicted molar refractivity (Wildman–Crippen MR) is 73.9 cm³/mol. The maximum absolute atomic E-state index is 2.50. The van der Waals surface area contributed by atoms with Crippen molar-refractivity contribution in [3.8, 4) is 0 Å². The molecule has 0 N–H and O–H groups in total. The lowest BCUT2D eigenvalue weighted by Gasteiger charge is -2.14. The van der Waals surface area contributed by atoms with Gasteiger partial charge in [-0.15, -0.1) is 0 Å². The third-order valence-electron chi connectivity index (χ3n) is 5.89. The van der Waals surface area contributed by atoms with Crippen LogP contribution in [-0.2, 0) is 0 Å². The summed E-state index contributed by atoms with van der Waals surface area (Å²) in [6, 6.07) is 0. The van der Waals surface area contributed by atoms with Crippen LogP contribution in [0, 0.1) is 23.7 Å². The average molecular weight is 232 g/mol. The fraction of sp³-hybridized carbons (Fsp3) is 0.882. The van der Waals surface area contributed by atoms with E-state index in [9.17, 15) is 0 Å².